The number of hydrogen-bond acceptors (Lipinski definition) is 6. The number of nitrogens with zero attached hydrogens (tertiary/aromatic N) is 2. The summed E-state index contributed by atoms with van der Waals surface area (Å²) in [5.74, 6) is 0.915. The van der Waals surface area contributed by atoms with Crippen LogP contribution in [0.1, 0.15) is 48.2 Å². The molecule has 7 heteroatoms. The van der Waals surface area contributed by atoms with Gasteiger partial charge in [0, 0.05) is 33.5 Å². The molecular formula is C24H23N3O2S2. The molecule has 1 amide bonds. The summed E-state index contributed by atoms with van der Waals surface area (Å²) >= 11 is 3.33. The van der Waals surface area contributed by atoms with Gasteiger partial charge in [-0.15, -0.1) is 11.3 Å². The highest BCUT2D eigenvalue weighted by molar-refractivity contribution is 7.99. The first-order valence-corrected chi connectivity index (χ1v) is 12.5. The zero-order valence-electron chi connectivity index (χ0n) is 17.0. The SMILES string of the molecule is O=C(Nc1nc(-c2ccccn2)cs1)c1oc2ccccc2c1CSC1CCCCC1. The number of rotatable bonds is 6. The van der Waals surface area contributed by atoms with Gasteiger partial charge in [-0.05, 0) is 31.0 Å². The Morgan fingerprint density at radius 1 is 1.10 bits per heavy atom. The van der Waals surface area contributed by atoms with Crippen LogP contribution in [0.4, 0.5) is 5.13 Å². The minimum atomic E-state index is -0.252. The van der Waals surface area contributed by atoms with E-state index in [1.807, 2.05) is 59.6 Å². The fraction of sp³-hybridized carbons (Fsp3) is 0.292. The van der Waals surface area contributed by atoms with Gasteiger partial charge in [-0.2, -0.15) is 11.8 Å². The zero-order chi connectivity index (χ0) is 21.0. The third-order valence-corrected chi connectivity index (χ3v) is 7.73. The Morgan fingerprint density at radius 2 is 1.94 bits per heavy atom. The molecular weight excluding hydrogens is 426 g/mol. The molecule has 5 nitrogen and oxygen atoms in total. The number of pyridine rings is 1. The summed E-state index contributed by atoms with van der Waals surface area (Å²) < 4.78 is 6.00. The molecule has 0 aliphatic heterocycles. The van der Waals surface area contributed by atoms with Crippen molar-refractivity contribution in [2.24, 2.45) is 0 Å². The number of fused-ring (bicyclic) bond motifs is 1. The normalized spacial score (nSPS) is 14.7. The van der Waals surface area contributed by atoms with Gasteiger partial charge in [0.15, 0.2) is 10.9 Å². The maximum Gasteiger partial charge on any atom is 0.293 e. The lowest BCUT2D eigenvalue weighted by atomic mass is 10.0. The molecule has 1 saturated carbocycles. The predicted molar refractivity (Wildman–Crippen MR) is 128 cm³/mol. The van der Waals surface area contributed by atoms with Gasteiger partial charge in [-0.1, -0.05) is 43.5 Å². The Kier molecular flexibility index (Phi) is 6.04. The van der Waals surface area contributed by atoms with Gasteiger partial charge >= 0.3 is 0 Å². The van der Waals surface area contributed by atoms with Gasteiger partial charge in [0.05, 0.1) is 5.69 Å². The van der Waals surface area contributed by atoms with Gasteiger partial charge in [-0.25, -0.2) is 4.98 Å². The van der Waals surface area contributed by atoms with Crippen LogP contribution in [0.5, 0.6) is 0 Å². The molecule has 1 aliphatic carbocycles. The summed E-state index contributed by atoms with van der Waals surface area (Å²) in [7, 11) is 0. The second kappa shape index (κ2) is 9.24. The molecule has 0 unspecified atom stereocenters. The van der Waals surface area contributed by atoms with Crippen LogP contribution in [0, 0.1) is 0 Å². The predicted octanol–water partition coefficient (Wildman–Crippen LogP) is 6.77. The van der Waals surface area contributed by atoms with Crippen molar-refractivity contribution < 1.29 is 9.21 Å². The molecule has 1 aliphatic rings. The highest BCUT2D eigenvalue weighted by atomic mass is 32.2. The number of nitrogens with one attached hydrogen (secondary N) is 1. The van der Waals surface area contributed by atoms with Crippen LogP contribution in [-0.4, -0.2) is 21.1 Å². The summed E-state index contributed by atoms with van der Waals surface area (Å²) in [6.45, 7) is 0. The highest BCUT2D eigenvalue weighted by Crippen LogP contribution is 2.35. The van der Waals surface area contributed by atoms with Crippen LogP contribution in [-0.2, 0) is 5.75 Å². The number of furan rings is 1. The standard InChI is InChI=1S/C24H23N3O2S2/c28-23(27-24-26-20(15-31-24)19-11-6-7-13-25-19)22-18(14-30-16-8-2-1-3-9-16)17-10-4-5-12-21(17)29-22/h4-7,10-13,15-16H,1-3,8-9,14H2,(H,26,27,28). The third-order valence-electron chi connectivity index (χ3n) is 5.57. The van der Waals surface area contributed by atoms with E-state index in [2.05, 4.69) is 15.3 Å². The monoisotopic (exact) mass is 449 g/mol. The van der Waals surface area contributed by atoms with Crippen molar-refractivity contribution in [2.75, 3.05) is 5.32 Å². The molecule has 4 aromatic rings. The van der Waals surface area contributed by atoms with Crippen molar-refractivity contribution in [3.05, 3.63) is 65.4 Å². The molecule has 0 saturated heterocycles. The molecule has 31 heavy (non-hydrogen) atoms. The Balaban J connectivity index is 1.37. The molecule has 1 aromatic carbocycles. The zero-order valence-corrected chi connectivity index (χ0v) is 18.7. The maximum absolute atomic E-state index is 13.1. The molecule has 3 heterocycles. The van der Waals surface area contributed by atoms with Crippen molar-refractivity contribution in [2.45, 2.75) is 43.1 Å². The number of para-hydroxylation sites is 1. The minimum Gasteiger partial charge on any atom is -0.451 e. The molecule has 5 rings (SSSR count). The highest BCUT2D eigenvalue weighted by Gasteiger charge is 2.23. The summed E-state index contributed by atoms with van der Waals surface area (Å²) in [4.78, 5) is 22.0. The van der Waals surface area contributed by atoms with Crippen LogP contribution >= 0.6 is 23.1 Å². The van der Waals surface area contributed by atoms with Crippen molar-refractivity contribution in [3.8, 4) is 11.4 Å². The number of thioether (sulfide) groups is 1. The molecule has 1 N–H and O–H groups in total. The second-order valence-electron chi connectivity index (χ2n) is 7.68. The summed E-state index contributed by atoms with van der Waals surface area (Å²) in [5.41, 5.74) is 3.26. The molecule has 0 bridgehead atoms. The van der Waals surface area contributed by atoms with Crippen molar-refractivity contribution in [3.63, 3.8) is 0 Å². The first-order chi connectivity index (χ1) is 15.3. The minimum absolute atomic E-state index is 0.252. The fourth-order valence-electron chi connectivity index (χ4n) is 3.98. The van der Waals surface area contributed by atoms with Crippen LogP contribution in [0.2, 0.25) is 0 Å². The van der Waals surface area contributed by atoms with E-state index in [1.54, 1.807) is 6.20 Å². The second-order valence-corrected chi connectivity index (χ2v) is 9.83. The topological polar surface area (TPSA) is 68.0 Å². The third kappa shape index (κ3) is 4.52. The van der Waals surface area contributed by atoms with Gasteiger partial charge in [0.25, 0.3) is 5.91 Å². The molecule has 1 fully saturated rings. The lowest BCUT2D eigenvalue weighted by Crippen LogP contribution is -2.13. The number of carbonyl (C=O) groups excluding carboxylic acids is 1. The van der Waals surface area contributed by atoms with Crippen LogP contribution in [0.3, 0.4) is 0 Å². The van der Waals surface area contributed by atoms with E-state index < -0.39 is 0 Å². The molecule has 158 valence electrons. The van der Waals surface area contributed by atoms with E-state index in [4.69, 9.17) is 4.42 Å². The molecule has 0 spiro atoms. The van der Waals surface area contributed by atoms with E-state index in [-0.39, 0.29) is 5.91 Å². The molecule has 3 aromatic heterocycles. The molecule has 0 atom stereocenters. The van der Waals surface area contributed by atoms with E-state index in [0.29, 0.717) is 16.1 Å². The fourth-order valence-corrected chi connectivity index (χ4v) is 6.03. The van der Waals surface area contributed by atoms with Crippen LogP contribution in [0.25, 0.3) is 22.4 Å². The number of benzene rings is 1. The Hall–Kier alpha value is -2.64. The lowest BCUT2D eigenvalue weighted by molar-refractivity contribution is 0.0998. The van der Waals surface area contributed by atoms with E-state index in [0.717, 1.165) is 33.7 Å². The Morgan fingerprint density at radius 3 is 2.77 bits per heavy atom. The van der Waals surface area contributed by atoms with E-state index in [9.17, 15) is 4.79 Å². The van der Waals surface area contributed by atoms with Gasteiger partial charge in [0.1, 0.15) is 11.3 Å². The number of hydrogen-bond donors (Lipinski definition) is 1. The largest absolute Gasteiger partial charge is 0.451 e. The lowest BCUT2D eigenvalue weighted by Gasteiger charge is -2.20. The smallest absolute Gasteiger partial charge is 0.293 e. The quantitative estimate of drug-likeness (QED) is 0.352. The Labute approximate surface area is 189 Å². The van der Waals surface area contributed by atoms with Gasteiger partial charge < -0.3 is 4.42 Å². The number of aromatic nitrogens is 2. The summed E-state index contributed by atoms with van der Waals surface area (Å²) in [6, 6.07) is 13.6. The summed E-state index contributed by atoms with van der Waals surface area (Å²) in [6.07, 6.45) is 8.21. The maximum atomic E-state index is 13.1. The Bertz CT molecular complexity index is 1180. The van der Waals surface area contributed by atoms with E-state index >= 15 is 0 Å². The first kappa shape index (κ1) is 20.3. The van der Waals surface area contributed by atoms with Gasteiger partial charge in [0.2, 0.25) is 0 Å². The van der Waals surface area contributed by atoms with Crippen molar-refractivity contribution >= 4 is 45.1 Å². The first-order valence-electron chi connectivity index (χ1n) is 10.6. The van der Waals surface area contributed by atoms with Gasteiger partial charge in [-0.3, -0.25) is 15.1 Å². The van der Waals surface area contributed by atoms with Crippen molar-refractivity contribution in [1.29, 1.82) is 0 Å². The van der Waals surface area contributed by atoms with Crippen LogP contribution in [0.15, 0.2) is 58.5 Å². The van der Waals surface area contributed by atoms with Crippen molar-refractivity contribution in [1.82, 2.24) is 9.97 Å². The average molecular weight is 450 g/mol. The number of amides is 1. The number of carbonyl (C=O) groups is 1. The van der Waals surface area contributed by atoms with E-state index in [1.165, 1.54) is 43.4 Å². The molecule has 0 radical (unpaired) electrons. The summed E-state index contributed by atoms with van der Waals surface area (Å²) in [5, 5.41) is 7.05. The average Bonchev–Trinajstić information content (AvgIpc) is 3.44. The number of anilines is 1. The van der Waals surface area contributed by atoms with Crippen LogP contribution < -0.4 is 5.32 Å². The number of thiazole rings is 1.